The summed E-state index contributed by atoms with van der Waals surface area (Å²) in [5, 5.41) is 7.81. The lowest BCUT2D eigenvalue weighted by Gasteiger charge is -2.19. The first-order valence-electron chi connectivity index (χ1n) is 9.17. The number of nitrogens with zero attached hydrogens (tertiary/aromatic N) is 5. The fraction of sp³-hybridized carbons (Fsp3) is 0.350. The minimum Gasteiger partial charge on any atom is -0.354 e. The highest BCUT2D eigenvalue weighted by molar-refractivity contribution is 5.58. The van der Waals surface area contributed by atoms with Crippen molar-refractivity contribution in [3.63, 3.8) is 0 Å². The Morgan fingerprint density at radius 1 is 1.19 bits per heavy atom. The van der Waals surface area contributed by atoms with Gasteiger partial charge in [0.2, 0.25) is 5.95 Å². The fourth-order valence-corrected chi connectivity index (χ4v) is 3.48. The highest BCUT2D eigenvalue weighted by Gasteiger charge is 2.20. The largest absolute Gasteiger partial charge is 0.354 e. The number of rotatable bonds is 6. The fourth-order valence-electron chi connectivity index (χ4n) is 3.48. The molecule has 2 aromatic heterocycles. The number of benzene rings is 1. The van der Waals surface area contributed by atoms with Gasteiger partial charge in [0.25, 0.3) is 0 Å². The molecule has 0 radical (unpaired) electrons. The molecular weight excluding hydrogens is 324 g/mol. The second-order valence-electron chi connectivity index (χ2n) is 6.77. The predicted molar refractivity (Wildman–Crippen MR) is 103 cm³/mol. The van der Waals surface area contributed by atoms with Crippen molar-refractivity contribution in [1.29, 1.82) is 0 Å². The number of anilines is 1. The Labute approximate surface area is 153 Å². The van der Waals surface area contributed by atoms with E-state index in [0.29, 0.717) is 12.0 Å². The van der Waals surface area contributed by atoms with Crippen LogP contribution in [0.25, 0.3) is 16.9 Å². The average molecular weight is 348 g/mol. The zero-order valence-corrected chi connectivity index (χ0v) is 15.0. The van der Waals surface area contributed by atoms with Gasteiger partial charge in [-0.1, -0.05) is 18.2 Å². The van der Waals surface area contributed by atoms with Crippen molar-refractivity contribution >= 4 is 5.95 Å². The van der Waals surface area contributed by atoms with Gasteiger partial charge in [-0.3, -0.25) is 0 Å². The van der Waals surface area contributed by atoms with Crippen molar-refractivity contribution in [3.05, 3.63) is 55.0 Å². The van der Waals surface area contributed by atoms with Crippen LogP contribution >= 0.6 is 0 Å². The molecule has 3 aromatic rings. The number of likely N-dealkylation sites (tertiary alicyclic amines) is 1. The summed E-state index contributed by atoms with van der Waals surface area (Å²) in [5.74, 6) is 0.676. The minimum absolute atomic E-state index is 0.676. The molecule has 0 unspecified atom stereocenters. The second kappa shape index (κ2) is 7.66. The summed E-state index contributed by atoms with van der Waals surface area (Å²) in [6.45, 7) is 2.10. The number of para-hydroxylation sites is 1. The monoisotopic (exact) mass is 348 g/mol. The number of nitrogens with one attached hydrogen (secondary N) is 1. The van der Waals surface area contributed by atoms with E-state index in [0.717, 1.165) is 29.9 Å². The van der Waals surface area contributed by atoms with Crippen LogP contribution in [0.5, 0.6) is 0 Å². The maximum atomic E-state index is 4.64. The molecule has 134 valence electrons. The SMILES string of the molecule is CN1CCC[C@H]1CCNc1nccc(-c2cnn(-c3ccccc3)c2)n1. The van der Waals surface area contributed by atoms with Gasteiger partial charge in [-0.05, 0) is 51.1 Å². The lowest BCUT2D eigenvalue weighted by molar-refractivity contribution is 0.301. The van der Waals surface area contributed by atoms with Crippen LogP contribution in [0.2, 0.25) is 0 Å². The molecule has 1 N–H and O–H groups in total. The molecule has 3 heterocycles. The normalized spacial score (nSPS) is 17.5. The van der Waals surface area contributed by atoms with Crippen LogP contribution in [-0.2, 0) is 0 Å². The Kier molecular flexibility index (Phi) is 4.93. The van der Waals surface area contributed by atoms with E-state index >= 15 is 0 Å². The second-order valence-corrected chi connectivity index (χ2v) is 6.77. The minimum atomic E-state index is 0.676. The molecule has 1 fully saturated rings. The van der Waals surface area contributed by atoms with Gasteiger partial charge >= 0.3 is 0 Å². The first kappa shape index (κ1) is 16.7. The van der Waals surface area contributed by atoms with Crippen LogP contribution in [-0.4, -0.2) is 50.8 Å². The Hall–Kier alpha value is -2.73. The van der Waals surface area contributed by atoms with Crippen LogP contribution in [0.3, 0.4) is 0 Å². The molecule has 0 saturated carbocycles. The maximum absolute atomic E-state index is 4.64. The van der Waals surface area contributed by atoms with Crippen molar-refractivity contribution in [2.75, 3.05) is 25.5 Å². The summed E-state index contributed by atoms with van der Waals surface area (Å²) >= 11 is 0. The third-order valence-electron chi connectivity index (χ3n) is 4.99. The molecule has 0 amide bonds. The van der Waals surface area contributed by atoms with Gasteiger partial charge in [-0.15, -0.1) is 0 Å². The molecule has 1 atom stereocenters. The van der Waals surface area contributed by atoms with Crippen molar-refractivity contribution in [1.82, 2.24) is 24.6 Å². The molecule has 1 saturated heterocycles. The summed E-state index contributed by atoms with van der Waals surface area (Å²) < 4.78 is 1.86. The highest BCUT2D eigenvalue weighted by atomic mass is 15.3. The highest BCUT2D eigenvalue weighted by Crippen LogP contribution is 2.20. The van der Waals surface area contributed by atoms with E-state index in [2.05, 4.69) is 32.3 Å². The van der Waals surface area contributed by atoms with E-state index in [1.54, 1.807) is 6.20 Å². The van der Waals surface area contributed by atoms with E-state index in [1.165, 1.54) is 19.4 Å². The third-order valence-corrected chi connectivity index (χ3v) is 4.99. The number of aromatic nitrogens is 4. The smallest absolute Gasteiger partial charge is 0.223 e. The maximum Gasteiger partial charge on any atom is 0.223 e. The lowest BCUT2D eigenvalue weighted by atomic mass is 10.1. The summed E-state index contributed by atoms with van der Waals surface area (Å²) in [5.41, 5.74) is 2.89. The zero-order valence-electron chi connectivity index (χ0n) is 15.0. The molecule has 6 nitrogen and oxygen atoms in total. The number of hydrogen-bond donors (Lipinski definition) is 1. The van der Waals surface area contributed by atoms with Crippen molar-refractivity contribution < 1.29 is 0 Å². The van der Waals surface area contributed by atoms with Gasteiger partial charge in [0.15, 0.2) is 0 Å². The summed E-state index contributed by atoms with van der Waals surface area (Å²) in [7, 11) is 2.21. The first-order valence-corrected chi connectivity index (χ1v) is 9.17. The molecule has 0 bridgehead atoms. The van der Waals surface area contributed by atoms with E-state index in [9.17, 15) is 0 Å². The average Bonchev–Trinajstić information content (AvgIpc) is 3.33. The molecule has 0 aliphatic carbocycles. The Morgan fingerprint density at radius 2 is 2.08 bits per heavy atom. The van der Waals surface area contributed by atoms with Crippen LogP contribution in [0.1, 0.15) is 19.3 Å². The van der Waals surface area contributed by atoms with Gasteiger partial charge in [-0.25, -0.2) is 14.6 Å². The van der Waals surface area contributed by atoms with Gasteiger partial charge in [0.1, 0.15) is 0 Å². The van der Waals surface area contributed by atoms with Crippen LogP contribution in [0.15, 0.2) is 55.0 Å². The van der Waals surface area contributed by atoms with Crippen LogP contribution < -0.4 is 5.32 Å². The molecule has 1 aromatic carbocycles. The summed E-state index contributed by atoms with van der Waals surface area (Å²) in [6.07, 6.45) is 9.35. The Balaban J connectivity index is 1.42. The third kappa shape index (κ3) is 3.75. The zero-order chi connectivity index (χ0) is 17.8. The van der Waals surface area contributed by atoms with E-state index in [4.69, 9.17) is 0 Å². The van der Waals surface area contributed by atoms with Crippen LogP contribution in [0.4, 0.5) is 5.95 Å². The van der Waals surface area contributed by atoms with Crippen molar-refractivity contribution in [3.8, 4) is 16.9 Å². The van der Waals surface area contributed by atoms with Gasteiger partial charge in [0.05, 0.1) is 17.6 Å². The molecule has 1 aliphatic heterocycles. The number of hydrogen-bond acceptors (Lipinski definition) is 5. The van der Waals surface area contributed by atoms with Gasteiger partial charge in [-0.2, -0.15) is 5.10 Å². The van der Waals surface area contributed by atoms with Gasteiger partial charge in [0, 0.05) is 30.5 Å². The summed E-state index contributed by atoms with van der Waals surface area (Å²) in [6, 6.07) is 12.7. The van der Waals surface area contributed by atoms with E-state index < -0.39 is 0 Å². The molecule has 0 spiro atoms. The van der Waals surface area contributed by atoms with Crippen molar-refractivity contribution in [2.45, 2.75) is 25.3 Å². The quantitative estimate of drug-likeness (QED) is 0.741. The lowest BCUT2D eigenvalue weighted by Crippen LogP contribution is -2.27. The van der Waals surface area contributed by atoms with Crippen LogP contribution in [0, 0.1) is 0 Å². The molecular formula is C20H24N6. The molecule has 1 aliphatic rings. The molecule has 26 heavy (non-hydrogen) atoms. The predicted octanol–water partition coefficient (Wildman–Crippen LogP) is 3.23. The first-order chi connectivity index (χ1) is 12.8. The molecule has 6 heteroatoms. The van der Waals surface area contributed by atoms with Gasteiger partial charge < -0.3 is 10.2 Å². The van der Waals surface area contributed by atoms with Crippen molar-refractivity contribution in [2.24, 2.45) is 0 Å². The van der Waals surface area contributed by atoms with E-state index in [1.807, 2.05) is 53.5 Å². The van der Waals surface area contributed by atoms with E-state index in [-0.39, 0.29) is 0 Å². The standard InChI is InChI=1S/C20H24N6/c1-25-13-5-8-17(25)9-11-21-20-22-12-10-19(24-20)16-14-23-26(15-16)18-6-3-2-4-7-18/h2-4,6-7,10,12,14-15,17H,5,8-9,11,13H2,1H3,(H,21,22,24)/t17-/m0/s1. The summed E-state index contributed by atoms with van der Waals surface area (Å²) in [4.78, 5) is 11.4. The topological polar surface area (TPSA) is 58.9 Å². The Morgan fingerprint density at radius 3 is 2.88 bits per heavy atom. The Bertz CT molecular complexity index is 844. The molecule has 4 rings (SSSR count).